The zero-order chi connectivity index (χ0) is 21.1. The predicted octanol–water partition coefficient (Wildman–Crippen LogP) is 3.39. The normalized spacial score (nSPS) is 18.7. The van der Waals surface area contributed by atoms with Crippen LogP contribution in [0, 0.1) is 5.92 Å². The van der Waals surface area contributed by atoms with Gasteiger partial charge in [-0.05, 0) is 61.1 Å². The van der Waals surface area contributed by atoms with Crippen LogP contribution in [-0.4, -0.2) is 56.7 Å². The van der Waals surface area contributed by atoms with Crippen LogP contribution in [0.4, 0.5) is 5.69 Å². The highest BCUT2D eigenvalue weighted by molar-refractivity contribution is 7.14. The minimum atomic E-state index is -0.382. The highest BCUT2D eigenvalue weighted by atomic mass is 32.1. The Morgan fingerprint density at radius 2 is 1.87 bits per heavy atom. The van der Waals surface area contributed by atoms with Crippen molar-refractivity contribution in [1.82, 2.24) is 4.90 Å². The van der Waals surface area contributed by atoms with Crippen molar-refractivity contribution < 1.29 is 19.1 Å². The highest BCUT2D eigenvalue weighted by Crippen LogP contribution is 2.32. The molecule has 0 bridgehead atoms. The fourth-order valence-corrected chi connectivity index (χ4v) is 5.21. The lowest BCUT2D eigenvalue weighted by Crippen LogP contribution is -2.49. The van der Waals surface area contributed by atoms with E-state index in [2.05, 4.69) is 11.8 Å². The molecule has 160 valence electrons. The molecule has 2 aliphatic rings. The molecule has 7 heteroatoms. The minimum Gasteiger partial charge on any atom is -0.497 e. The van der Waals surface area contributed by atoms with Crippen LogP contribution >= 0.6 is 11.3 Å². The Bertz CT molecular complexity index is 900. The van der Waals surface area contributed by atoms with Gasteiger partial charge in [-0.3, -0.25) is 4.79 Å². The summed E-state index contributed by atoms with van der Waals surface area (Å²) in [4.78, 5) is 30.9. The Hall–Kier alpha value is -2.54. The molecule has 4 rings (SSSR count). The summed E-state index contributed by atoms with van der Waals surface area (Å²) in [6, 6.07) is 9.89. The van der Waals surface area contributed by atoms with Crippen LogP contribution < -0.4 is 9.64 Å². The van der Waals surface area contributed by atoms with Crippen LogP contribution in [-0.2, 0) is 22.4 Å². The van der Waals surface area contributed by atoms with Gasteiger partial charge in [0.1, 0.15) is 10.6 Å². The smallest absolute Gasteiger partial charge is 0.348 e. The minimum absolute atomic E-state index is 0.132. The molecular formula is C23H28N2O4S. The highest BCUT2D eigenvalue weighted by Gasteiger charge is 2.24. The summed E-state index contributed by atoms with van der Waals surface area (Å²) in [7, 11) is 1.65. The molecule has 0 unspecified atom stereocenters. The maximum Gasteiger partial charge on any atom is 0.348 e. The summed E-state index contributed by atoms with van der Waals surface area (Å²) in [5, 5.41) is 0. The molecule has 1 amide bonds. The second-order valence-electron chi connectivity index (χ2n) is 8.05. The van der Waals surface area contributed by atoms with Crippen molar-refractivity contribution in [1.29, 1.82) is 0 Å². The largest absolute Gasteiger partial charge is 0.497 e. The summed E-state index contributed by atoms with van der Waals surface area (Å²) in [5.74, 6) is 0.976. The van der Waals surface area contributed by atoms with E-state index in [1.54, 1.807) is 12.0 Å². The molecule has 0 spiro atoms. The first-order valence-corrected chi connectivity index (χ1v) is 11.3. The molecule has 2 heterocycles. The Kier molecular flexibility index (Phi) is 6.27. The first-order valence-electron chi connectivity index (χ1n) is 10.5. The number of anilines is 1. The Balaban J connectivity index is 1.25. The van der Waals surface area contributed by atoms with Crippen molar-refractivity contribution in [3.05, 3.63) is 45.6 Å². The van der Waals surface area contributed by atoms with Gasteiger partial charge in [0.05, 0.1) is 7.11 Å². The number of amides is 1. The Morgan fingerprint density at radius 1 is 1.13 bits per heavy atom. The average Bonchev–Trinajstić information content (AvgIpc) is 3.21. The van der Waals surface area contributed by atoms with Crippen LogP contribution in [0.1, 0.15) is 33.5 Å². The van der Waals surface area contributed by atoms with Gasteiger partial charge in [-0.1, -0.05) is 6.92 Å². The number of piperazine rings is 1. The lowest BCUT2D eigenvalue weighted by atomic mass is 9.90. The van der Waals surface area contributed by atoms with E-state index in [0.717, 1.165) is 37.4 Å². The summed E-state index contributed by atoms with van der Waals surface area (Å²) in [6.45, 7) is 4.79. The summed E-state index contributed by atoms with van der Waals surface area (Å²) < 4.78 is 10.5. The van der Waals surface area contributed by atoms with Gasteiger partial charge >= 0.3 is 5.97 Å². The average molecular weight is 429 g/mol. The molecule has 0 radical (unpaired) electrons. The van der Waals surface area contributed by atoms with Crippen molar-refractivity contribution in [2.75, 3.05) is 44.8 Å². The van der Waals surface area contributed by atoms with Gasteiger partial charge < -0.3 is 19.3 Å². The lowest BCUT2D eigenvalue weighted by Gasteiger charge is -2.36. The molecule has 6 nitrogen and oxygen atoms in total. The van der Waals surface area contributed by atoms with E-state index in [9.17, 15) is 9.59 Å². The Labute approximate surface area is 181 Å². The molecular weight excluding hydrogens is 400 g/mol. The van der Waals surface area contributed by atoms with E-state index >= 15 is 0 Å². The van der Waals surface area contributed by atoms with Gasteiger partial charge in [0.15, 0.2) is 6.61 Å². The quantitative estimate of drug-likeness (QED) is 0.684. The third kappa shape index (κ3) is 4.61. The Morgan fingerprint density at radius 3 is 2.57 bits per heavy atom. The van der Waals surface area contributed by atoms with Crippen LogP contribution in [0.15, 0.2) is 30.3 Å². The van der Waals surface area contributed by atoms with Crippen LogP contribution in [0.25, 0.3) is 0 Å². The van der Waals surface area contributed by atoms with Gasteiger partial charge in [-0.2, -0.15) is 0 Å². The third-order valence-electron chi connectivity index (χ3n) is 5.93. The molecule has 1 aliphatic heterocycles. The standard InChI is InChI=1S/C23H28N2O4S/c1-16-3-8-20-17(13-16)14-21(30-20)23(27)29-15-22(26)25-11-9-24(10-12-25)18-4-6-19(28-2)7-5-18/h4-7,14,16H,3,8-13,15H2,1-2H3/t16-/m1/s1. The third-order valence-corrected chi connectivity index (χ3v) is 7.14. The summed E-state index contributed by atoms with van der Waals surface area (Å²) >= 11 is 1.52. The zero-order valence-corrected chi connectivity index (χ0v) is 18.4. The molecule has 1 aromatic carbocycles. The van der Waals surface area contributed by atoms with E-state index in [0.29, 0.717) is 23.9 Å². The maximum atomic E-state index is 12.5. The number of ether oxygens (including phenoxy) is 2. The van der Waals surface area contributed by atoms with Crippen molar-refractivity contribution in [3.8, 4) is 5.75 Å². The molecule has 1 aliphatic carbocycles. The number of carbonyl (C=O) groups is 2. The number of rotatable bonds is 5. The molecule has 1 fully saturated rings. The first kappa shape index (κ1) is 20.7. The topological polar surface area (TPSA) is 59.1 Å². The number of hydrogen-bond donors (Lipinski definition) is 0. The number of aryl methyl sites for hydroxylation is 1. The number of carbonyl (C=O) groups excluding carboxylic acids is 2. The first-order chi connectivity index (χ1) is 14.5. The fraction of sp³-hybridized carbons (Fsp3) is 0.478. The van der Waals surface area contributed by atoms with Crippen molar-refractivity contribution in [2.24, 2.45) is 5.92 Å². The second kappa shape index (κ2) is 9.08. The molecule has 1 saturated heterocycles. The van der Waals surface area contributed by atoms with Crippen molar-refractivity contribution >= 4 is 28.9 Å². The number of esters is 1. The van der Waals surface area contributed by atoms with Crippen molar-refractivity contribution in [2.45, 2.75) is 26.2 Å². The number of methoxy groups -OCH3 is 1. The van der Waals surface area contributed by atoms with Gasteiger partial charge in [0, 0.05) is 36.7 Å². The van der Waals surface area contributed by atoms with Crippen LogP contribution in [0.2, 0.25) is 0 Å². The van der Waals surface area contributed by atoms with Crippen LogP contribution in [0.3, 0.4) is 0 Å². The van der Waals surface area contributed by atoms with Crippen LogP contribution in [0.5, 0.6) is 5.75 Å². The molecule has 0 saturated carbocycles. The molecule has 0 N–H and O–H groups in total. The molecule has 30 heavy (non-hydrogen) atoms. The molecule has 1 aromatic heterocycles. The maximum absolute atomic E-state index is 12.5. The molecule has 2 aromatic rings. The SMILES string of the molecule is COc1ccc(N2CCN(C(=O)COC(=O)c3cc4c(s3)CC[C@@H](C)C4)CC2)cc1. The predicted molar refractivity (Wildman–Crippen MR) is 118 cm³/mol. The lowest BCUT2D eigenvalue weighted by molar-refractivity contribution is -0.134. The summed E-state index contributed by atoms with van der Waals surface area (Å²) in [6.07, 6.45) is 3.23. The van der Waals surface area contributed by atoms with Gasteiger partial charge in [-0.15, -0.1) is 11.3 Å². The van der Waals surface area contributed by atoms with Crippen molar-refractivity contribution in [3.63, 3.8) is 0 Å². The van der Waals surface area contributed by atoms with E-state index < -0.39 is 0 Å². The number of fused-ring (bicyclic) bond motifs is 1. The number of nitrogens with zero attached hydrogens (tertiary/aromatic N) is 2. The van der Waals surface area contributed by atoms with Gasteiger partial charge in [0.25, 0.3) is 5.91 Å². The van der Waals surface area contributed by atoms with Gasteiger partial charge in [-0.25, -0.2) is 4.79 Å². The number of hydrogen-bond acceptors (Lipinski definition) is 6. The van der Waals surface area contributed by atoms with E-state index in [4.69, 9.17) is 9.47 Å². The zero-order valence-electron chi connectivity index (χ0n) is 17.6. The second-order valence-corrected chi connectivity index (χ2v) is 9.19. The monoisotopic (exact) mass is 428 g/mol. The number of benzene rings is 1. The van der Waals surface area contributed by atoms with E-state index in [1.165, 1.54) is 28.2 Å². The summed E-state index contributed by atoms with van der Waals surface area (Å²) in [5.41, 5.74) is 2.39. The van der Waals surface area contributed by atoms with E-state index in [-0.39, 0.29) is 18.5 Å². The van der Waals surface area contributed by atoms with E-state index in [1.807, 2.05) is 30.3 Å². The van der Waals surface area contributed by atoms with Gasteiger partial charge in [0.2, 0.25) is 0 Å². The molecule has 1 atom stereocenters. The number of thiophene rings is 1. The fourth-order valence-electron chi connectivity index (χ4n) is 4.10.